The number of benzene rings is 1. The highest BCUT2D eigenvalue weighted by molar-refractivity contribution is 6.16. The van der Waals surface area contributed by atoms with E-state index < -0.39 is 0 Å². The van der Waals surface area contributed by atoms with Gasteiger partial charge in [0.2, 0.25) is 0 Å². The SMILES string of the molecule is CC(C)Nc1ncnc(N)c1C(=N)c1cc2ccc(O)cc2[nH]1. The minimum absolute atomic E-state index is 0.149. The highest BCUT2D eigenvalue weighted by Gasteiger charge is 2.18. The predicted octanol–water partition coefficient (Wildman–Crippen LogP) is 2.48. The van der Waals surface area contributed by atoms with Crippen molar-refractivity contribution in [1.82, 2.24) is 15.0 Å². The maximum absolute atomic E-state index is 9.56. The van der Waals surface area contributed by atoms with Gasteiger partial charge < -0.3 is 21.1 Å². The number of phenols is 1. The predicted molar refractivity (Wildman–Crippen MR) is 91.1 cm³/mol. The van der Waals surface area contributed by atoms with Crippen molar-refractivity contribution in [2.24, 2.45) is 0 Å². The summed E-state index contributed by atoms with van der Waals surface area (Å²) in [7, 11) is 0. The minimum atomic E-state index is 0.149. The summed E-state index contributed by atoms with van der Waals surface area (Å²) in [4.78, 5) is 11.3. The smallest absolute Gasteiger partial charge is 0.141 e. The Labute approximate surface area is 133 Å². The van der Waals surface area contributed by atoms with Crippen LogP contribution in [0, 0.1) is 5.41 Å². The molecule has 3 aromatic rings. The monoisotopic (exact) mass is 310 g/mol. The molecule has 7 nitrogen and oxygen atoms in total. The van der Waals surface area contributed by atoms with E-state index in [-0.39, 0.29) is 23.3 Å². The van der Waals surface area contributed by atoms with Crippen molar-refractivity contribution in [3.63, 3.8) is 0 Å². The van der Waals surface area contributed by atoms with Crippen LogP contribution < -0.4 is 11.1 Å². The Morgan fingerprint density at radius 3 is 2.83 bits per heavy atom. The first kappa shape index (κ1) is 14.8. The molecule has 118 valence electrons. The van der Waals surface area contributed by atoms with E-state index in [0.29, 0.717) is 17.1 Å². The van der Waals surface area contributed by atoms with Gasteiger partial charge in [0.25, 0.3) is 0 Å². The highest BCUT2D eigenvalue weighted by Crippen LogP contribution is 2.25. The van der Waals surface area contributed by atoms with Gasteiger partial charge in [0, 0.05) is 23.0 Å². The largest absolute Gasteiger partial charge is 0.508 e. The number of rotatable bonds is 4. The Balaban J connectivity index is 2.08. The van der Waals surface area contributed by atoms with Crippen LogP contribution in [0.4, 0.5) is 11.6 Å². The van der Waals surface area contributed by atoms with Crippen LogP contribution in [0.15, 0.2) is 30.6 Å². The van der Waals surface area contributed by atoms with Gasteiger partial charge in [-0.2, -0.15) is 0 Å². The number of hydrogen-bond donors (Lipinski definition) is 5. The zero-order valence-corrected chi connectivity index (χ0v) is 12.9. The molecule has 0 aliphatic carbocycles. The van der Waals surface area contributed by atoms with Crippen molar-refractivity contribution in [2.45, 2.75) is 19.9 Å². The first-order chi connectivity index (χ1) is 11.0. The fraction of sp³-hybridized carbons (Fsp3) is 0.188. The molecule has 0 radical (unpaired) electrons. The van der Waals surface area contributed by atoms with E-state index in [1.165, 1.54) is 6.33 Å². The average molecular weight is 310 g/mol. The zero-order valence-electron chi connectivity index (χ0n) is 12.9. The Morgan fingerprint density at radius 1 is 1.30 bits per heavy atom. The molecular weight excluding hydrogens is 292 g/mol. The van der Waals surface area contributed by atoms with Crippen molar-refractivity contribution < 1.29 is 5.11 Å². The molecule has 0 spiro atoms. The lowest BCUT2D eigenvalue weighted by Gasteiger charge is -2.14. The fourth-order valence-electron chi connectivity index (χ4n) is 2.41. The first-order valence-electron chi connectivity index (χ1n) is 7.23. The molecule has 0 aliphatic heterocycles. The number of H-pyrrole nitrogens is 1. The molecule has 0 atom stereocenters. The zero-order chi connectivity index (χ0) is 16.6. The van der Waals surface area contributed by atoms with Gasteiger partial charge in [0.05, 0.1) is 17.0 Å². The van der Waals surface area contributed by atoms with Crippen molar-refractivity contribution in [1.29, 1.82) is 5.41 Å². The molecule has 0 amide bonds. The van der Waals surface area contributed by atoms with Crippen LogP contribution in [-0.2, 0) is 0 Å². The van der Waals surface area contributed by atoms with Gasteiger partial charge in [-0.05, 0) is 32.0 Å². The summed E-state index contributed by atoms with van der Waals surface area (Å²) in [6.07, 6.45) is 1.38. The number of nitrogens with two attached hydrogens (primary N) is 1. The molecule has 0 aliphatic rings. The van der Waals surface area contributed by atoms with Crippen molar-refractivity contribution >= 4 is 28.3 Å². The summed E-state index contributed by atoms with van der Waals surface area (Å²) < 4.78 is 0. The second-order valence-corrected chi connectivity index (χ2v) is 5.61. The number of nitrogens with zero attached hydrogens (tertiary/aromatic N) is 2. The number of phenolic OH excluding ortho intramolecular Hbond substituents is 1. The van der Waals surface area contributed by atoms with E-state index in [1.807, 2.05) is 19.9 Å². The van der Waals surface area contributed by atoms with Crippen molar-refractivity contribution in [3.05, 3.63) is 41.9 Å². The number of nitrogen functional groups attached to an aromatic ring is 1. The van der Waals surface area contributed by atoms with Crippen LogP contribution in [-0.4, -0.2) is 31.8 Å². The molecule has 1 aromatic carbocycles. The normalized spacial score (nSPS) is 11.1. The molecule has 6 N–H and O–H groups in total. The molecule has 3 rings (SSSR count). The quantitative estimate of drug-likeness (QED) is 0.474. The molecule has 23 heavy (non-hydrogen) atoms. The molecule has 0 bridgehead atoms. The Hall–Kier alpha value is -3.09. The maximum Gasteiger partial charge on any atom is 0.141 e. The summed E-state index contributed by atoms with van der Waals surface area (Å²) in [5, 5.41) is 22.1. The standard InChI is InChI=1S/C16H18N6O/c1-8(2)21-16-13(15(18)19-7-20-16)14(17)12-5-9-3-4-10(23)6-11(9)22-12/h3-8,17,22-23H,1-2H3,(H3,18,19,20,21). The van der Waals surface area contributed by atoms with E-state index in [2.05, 4.69) is 20.3 Å². The van der Waals surface area contributed by atoms with E-state index >= 15 is 0 Å². The number of nitrogens with one attached hydrogen (secondary N) is 3. The summed E-state index contributed by atoms with van der Waals surface area (Å²) in [5.74, 6) is 0.941. The van der Waals surface area contributed by atoms with E-state index in [9.17, 15) is 5.11 Å². The third-order valence-corrected chi connectivity index (χ3v) is 3.43. The van der Waals surface area contributed by atoms with E-state index in [1.54, 1.807) is 18.2 Å². The maximum atomic E-state index is 9.56. The number of anilines is 2. The Kier molecular flexibility index (Phi) is 3.61. The van der Waals surface area contributed by atoms with Crippen LogP contribution in [0.1, 0.15) is 25.1 Å². The van der Waals surface area contributed by atoms with Crippen LogP contribution >= 0.6 is 0 Å². The number of aromatic hydroxyl groups is 1. The molecule has 2 heterocycles. The number of fused-ring (bicyclic) bond motifs is 1. The lowest BCUT2D eigenvalue weighted by molar-refractivity contribution is 0.476. The number of aromatic amines is 1. The molecule has 0 fully saturated rings. The molecule has 2 aromatic heterocycles. The third kappa shape index (κ3) is 2.80. The van der Waals surface area contributed by atoms with Crippen LogP contribution in [0.2, 0.25) is 0 Å². The second kappa shape index (κ2) is 5.60. The molecule has 0 unspecified atom stereocenters. The van der Waals surface area contributed by atoms with Crippen molar-refractivity contribution in [2.75, 3.05) is 11.1 Å². The van der Waals surface area contributed by atoms with Crippen molar-refractivity contribution in [3.8, 4) is 5.75 Å². The van der Waals surface area contributed by atoms with Crippen LogP contribution in [0.3, 0.4) is 0 Å². The van der Waals surface area contributed by atoms with Gasteiger partial charge in [0.15, 0.2) is 0 Å². The molecule has 7 heteroatoms. The molecule has 0 saturated heterocycles. The second-order valence-electron chi connectivity index (χ2n) is 5.61. The number of hydrogen-bond acceptors (Lipinski definition) is 6. The van der Waals surface area contributed by atoms with Crippen LogP contribution in [0.25, 0.3) is 10.9 Å². The highest BCUT2D eigenvalue weighted by atomic mass is 16.3. The summed E-state index contributed by atoms with van der Waals surface area (Å²) in [6, 6.07) is 6.99. The van der Waals surface area contributed by atoms with Gasteiger partial charge in [-0.15, -0.1) is 0 Å². The topological polar surface area (TPSA) is 124 Å². The molecule has 0 saturated carbocycles. The lowest BCUT2D eigenvalue weighted by Crippen LogP contribution is -2.18. The fourth-order valence-corrected chi connectivity index (χ4v) is 2.41. The summed E-state index contributed by atoms with van der Waals surface area (Å²) >= 11 is 0. The van der Waals surface area contributed by atoms with Gasteiger partial charge in [-0.1, -0.05) is 0 Å². The summed E-state index contributed by atoms with van der Waals surface area (Å²) in [5.41, 5.74) is 7.95. The Morgan fingerprint density at radius 2 is 2.09 bits per heavy atom. The summed E-state index contributed by atoms with van der Waals surface area (Å²) in [6.45, 7) is 3.97. The van der Waals surface area contributed by atoms with Gasteiger partial charge >= 0.3 is 0 Å². The molecular formula is C16H18N6O. The number of aromatic nitrogens is 3. The van der Waals surface area contributed by atoms with E-state index in [0.717, 1.165) is 10.9 Å². The van der Waals surface area contributed by atoms with Gasteiger partial charge in [-0.3, -0.25) is 5.41 Å². The van der Waals surface area contributed by atoms with Gasteiger partial charge in [0.1, 0.15) is 23.7 Å². The minimum Gasteiger partial charge on any atom is -0.508 e. The van der Waals surface area contributed by atoms with Gasteiger partial charge in [-0.25, -0.2) is 9.97 Å². The van der Waals surface area contributed by atoms with Crippen LogP contribution in [0.5, 0.6) is 5.75 Å². The average Bonchev–Trinajstić information content (AvgIpc) is 2.89. The first-order valence-corrected chi connectivity index (χ1v) is 7.23. The van der Waals surface area contributed by atoms with E-state index in [4.69, 9.17) is 11.1 Å². The third-order valence-electron chi connectivity index (χ3n) is 3.43. The lowest BCUT2D eigenvalue weighted by atomic mass is 10.1. The Bertz CT molecular complexity index is 883.